The van der Waals surface area contributed by atoms with Crippen LogP contribution in [-0.2, 0) is 22.3 Å². The van der Waals surface area contributed by atoms with Crippen LogP contribution in [-0.4, -0.2) is 21.8 Å². The highest BCUT2D eigenvalue weighted by Gasteiger charge is 2.50. The Morgan fingerprint density at radius 3 is 2.62 bits per heavy atom. The Morgan fingerprint density at radius 2 is 2.04 bits per heavy atom. The molecule has 5 nitrogen and oxygen atoms in total. The molecule has 0 radical (unpaired) electrons. The smallest absolute Gasteiger partial charge is 0.319 e. The van der Waals surface area contributed by atoms with Gasteiger partial charge in [0, 0.05) is 21.4 Å². The highest BCUT2D eigenvalue weighted by molar-refractivity contribution is 7.09. The quantitative estimate of drug-likeness (QED) is 0.792. The first kappa shape index (κ1) is 18.8. The maximum absolute atomic E-state index is 13.3. The number of carbonyl (C=O) groups excluding carboxylic acids is 2. The van der Waals surface area contributed by atoms with Gasteiger partial charge in [-0.3, -0.25) is 9.69 Å². The van der Waals surface area contributed by atoms with E-state index in [-0.39, 0.29) is 17.0 Å². The van der Waals surface area contributed by atoms with Crippen LogP contribution in [0.15, 0.2) is 23.6 Å². The van der Waals surface area contributed by atoms with E-state index in [0.29, 0.717) is 11.3 Å². The van der Waals surface area contributed by atoms with E-state index in [4.69, 9.17) is 11.6 Å². The lowest BCUT2D eigenvalue weighted by atomic mass is 9.92. The minimum absolute atomic E-state index is 0.0750. The van der Waals surface area contributed by atoms with E-state index in [1.807, 2.05) is 5.38 Å². The van der Waals surface area contributed by atoms with Crippen molar-refractivity contribution in [3.8, 4) is 0 Å². The number of thiazole rings is 1. The first-order valence-electron chi connectivity index (χ1n) is 8.07. The largest absolute Gasteiger partial charge is 0.325 e. The van der Waals surface area contributed by atoms with Crippen LogP contribution in [0.2, 0.25) is 5.02 Å². The Bertz CT molecular complexity index is 893. The van der Waals surface area contributed by atoms with E-state index in [2.05, 4.69) is 31.1 Å². The number of rotatable bonds is 3. The van der Waals surface area contributed by atoms with Crippen molar-refractivity contribution in [3.63, 3.8) is 0 Å². The normalized spacial score (nSPS) is 20.6. The lowest BCUT2D eigenvalue weighted by Crippen LogP contribution is -2.41. The Labute approximate surface area is 160 Å². The molecule has 1 atom stereocenters. The van der Waals surface area contributed by atoms with Crippen molar-refractivity contribution in [1.29, 1.82) is 0 Å². The molecule has 1 aromatic heterocycles. The molecule has 0 saturated carbocycles. The SMILES string of the molecule is CC(C)(C)c1nc(CN2C(=O)NC(C)(c3ccc(F)cc3Cl)C2=O)cs1. The van der Waals surface area contributed by atoms with Gasteiger partial charge in [-0.25, -0.2) is 14.2 Å². The molecule has 1 aliphatic rings. The standard InChI is InChI=1S/C18H19ClFN3O2S/c1-17(2,3)14-21-11(9-26-14)8-23-15(24)18(4,22-16(23)25)12-6-5-10(20)7-13(12)19/h5-7,9H,8H2,1-4H3,(H,22,25). The van der Waals surface area contributed by atoms with Crippen LogP contribution in [0.3, 0.4) is 0 Å². The second-order valence-electron chi connectivity index (χ2n) is 7.46. The fraction of sp³-hybridized carbons (Fsp3) is 0.389. The summed E-state index contributed by atoms with van der Waals surface area (Å²) in [4.78, 5) is 31.0. The third kappa shape index (κ3) is 3.21. The molecule has 1 aromatic carbocycles. The van der Waals surface area contributed by atoms with Crippen molar-refractivity contribution in [2.24, 2.45) is 0 Å². The number of nitrogens with one attached hydrogen (secondary N) is 1. The van der Waals surface area contributed by atoms with Gasteiger partial charge in [-0.05, 0) is 19.1 Å². The fourth-order valence-electron chi connectivity index (χ4n) is 2.80. The fourth-order valence-corrected chi connectivity index (χ4v) is 4.06. The van der Waals surface area contributed by atoms with Crippen LogP contribution >= 0.6 is 22.9 Å². The summed E-state index contributed by atoms with van der Waals surface area (Å²) in [6, 6.07) is 3.23. The van der Waals surface area contributed by atoms with E-state index in [9.17, 15) is 14.0 Å². The third-order valence-corrected chi connectivity index (χ3v) is 5.89. The lowest BCUT2D eigenvalue weighted by Gasteiger charge is -2.23. The maximum atomic E-state index is 13.3. The molecular formula is C18H19ClFN3O2S. The van der Waals surface area contributed by atoms with Crippen molar-refractivity contribution in [3.05, 3.63) is 50.7 Å². The highest BCUT2D eigenvalue weighted by atomic mass is 35.5. The number of aromatic nitrogens is 1. The molecule has 8 heteroatoms. The minimum atomic E-state index is -1.34. The molecule has 0 aliphatic carbocycles. The number of hydrogen-bond acceptors (Lipinski definition) is 4. The van der Waals surface area contributed by atoms with Gasteiger partial charge in [0.2, 0.25) is 0 Å². The first-order valence-corrected chi connectivity index (χ1v) is 9.32. The lowest BCUT2D eigenvalue weighted by molar-refractivity contribution is -0.131. The molecule has 1 saturated heterocycles. The van der Waals surface area contributed by atoms with Crippen LogP contribution in [0.4, 0.5) is 9.18 Å². The number of nitrogens with zero attached hydrogens (tertiary/aromatic N) is 2. The zero-order chi connectivity index (χ0) is 19.3. The number of imide groups is 1. The van der Waals surface area contributed by atoms with Crippen molar-refractivity contribution >= 4 is 34.9 Å². The number of benzene rings is 1. The van der Waals surface area contributed by atoms with Crippen LogP contribution in [0.5, 0.6) is 0 Å². The number of carbonyl (C=O) groups is 2. The molecule has 1 fully saturated rings. The summed E-state index contributed by atoms with van der Waals surface area (Å²) in [5.41, 5.74) is -0.436. The van der Waals surface area contributed by atoms with Gasteiger partial charge in [0.25, 0.3) is 5.91 Å². The second-order valence-corrected chi connectivity index (χ2v) is 8.73. The van der Waals surface area contributed by atoms with Crippen molar-refractivity contribution < 1.29 is 14.0 Å². The van der Waals surface area contributed by atoms with Crippen LogP contribution < -0.4 is 5.32 Å². The number of hydrogen-bond donors (Lipinski definition) is 1. The van der Waals surface area contributed by atoms with Gasteiger partial charge >= 0.3 is 6.03 Å². The molecule has 2 heterocycles. The molecule has 1 N–H and O–H groups in total. The Morgan fingerprint density at radius 1 is 1.35 bits per heavy atom. The third-order valence-electron chi connectivity index (χ3n) is 4.26. The van der Waals surface area contributed by atoms with Crippen LogP contribution in [0.1, 0.15) is 44.0 Å². The molecule has 3 amide bonds. The summed E-state index contributed by atoms with van der Waals surface area (Å²) in [6.07, 6.45) is 0. The van der Waals surface area contributed by atoms with E-state index in [1.165, 1.54) is 23.5 Å². The average Bonchev–Trinajstić information content (AvgIpc) is 3.07. The van der Waals surface area contributed by atoms with Gasteiger partial charge in [-0.15, -0.1) is 11.3 Å². The van der Waals surface area contributed by atoms with Crippen LogP contribution in [0, 0.1) is 5.82 Å². The van der Waals surface area contributed by atoms with E-state index in [1.54, 1.807) is 6.92 Å². The number of halogens is 2. The molecule has 0 bridgehead atoms. The highest BCUT2D eigenvalue weighted by Crippen LogP contribution is 2.35. The minimum Gasteiger partial charge on any atom is -0.319 e. The summed E-state index contributed by atoms with van der Waals surface area (Å²) in [5.74, 6) is -0.950. The molecule has 0 spiro atoms. The summed E-state index contributed by atoms with van der Waals surface area (Å²) in [5, 5.41) is 5.54. The zero-order valence-electron chi connectivity index (χ0n) is 14.9. The van der Waals surface area contributed by atoms with Gasteiger partial charge in [0.15, 0.2) is 0 Å². The Balaban J connectivity index is 1.88. The first-order chi connectivity index (χ1) is 12.0. The van der Waals surface area contributed by atoms with Crippen LogP contribution in [0.25, 0.3) is 0 Å². The molecule has 2 aromatic rings. The molecule has 26 heavy (non-hydrogen) atoms. The summed E-state index contributed by atoms with van der Waals surface area (Å²) >= 11 is 7.60. The summed E-state index contributed by atoms with van der Waals surface area (Å²) in [6.45, 7) is 7.80. The second kappa shape index (κ2) is 6.32. The predicted octanol–water partition coefficient (Wildman–Crippen LogP) is 4.20. The number of amides is 3. The topological polar surface area (TPSA) is 62.3 Å². The van der Waals surface area contributed by atoms with Crippen molar-refractivity contribution in [2.45, 2.75) is 45.2 Å². The summed E-state index contributed by atoms with van der Waals surface area (Å²) in [7, 11) is 0. The zero-order valence-corrected chi connectivity index (χ0v) is 16.5. The molecular weight excluding hydrogens is 377 g/mol. The maximum Gasteiger partial charge on any atom is 0.325 e. The predicted molar refractivity (Wildman–Crippen MR) is 98.7 cm³/mol. The van der Waals surface area contributed by atoms with Crippen molar-refractivity contribution in [1.82, 2.24) is 15.2 Å². The molecule has 138 valence electrons. The number of urea groups is 1. The van der Waals surface area contributed by atoms with Gasteiger partial charge in [-0.2, -0.15) is 0 Å². The van der Waals surface area contributed by atoms with Gasteiger partial charge in [0.05, 0.1) is 17.2 Å². The molecule has 1 unspecified atom stereocenters. The monoisotopic (exact) mass is 395 g/mol. The van der Waals surface area contributed by atoms with E-state index < -0.39 is 23.3 Å². The van der Waals surface area contributed by atoms with E-state index in [0.717, 1.165) is 16.0 Å². The molecule has 1 aliphatic heterocycles. The van der Waals surface area contributed by atoms with Gasteiger partial charge < -0.3 is 5.32 Å². The van der Waals surface area contributed by atoms with E-state index >= 15 is 0 Å². The molecule has 3 rings (SSSR count). The van der Waals surface area contributed by atoms with Gasteiger partial charge in [0.1, 0.15) is 11.4 Å². The van der Waals surface area contributed by atoms with Crippen molar-refractivity contribution in [2.75, 3.05) is 0 Å². The Hall–Kier alpha value is -1.99. The van der Waals surface area contributed by atoms with Gasteiger partial charge in [-0.1, -0.05) is 38.4 Å². The summed E-state index contributed by atoms with van der Waals surface area (Å²) < 4.78 is 13.3. The average molecular weight is 396 g/mol. The Kier molecular flexibility index (Phi) is 4.56.